The Balaban J connectivity index is 1.53. The minimum absolute atomic E-state index is 0.0131. The van der Waals surface area contributed by atoms with Gasteiger partial charge in [-0.1, -0.05) is 12.8 Å². The van der Waals surface area contributed by atoms with Crippen LogP contribution in [0.1, 0.15) is 50.5 Å². The third kappa shape index (κ3) is 4.30. The molecule has 5 nitrogen and oxygen atoms in total. The molecular weight excluding hydrogens is 290 g/mol. The first-order valence-corrected chi connectivity index (χ1v) is 8.66. The van der Waals surface area contributed by atoms with Crippen LogP contribution in [0.5, 0.6) is 0 Å². The van der Waals surface area contributed by atoms with Crippen molar-refractivity contribution in [1.82, 2.24) is 15.6 Å². The molecule has 0 saturated heterocycles. The molecule has 0 unspecified atom stereocenters. The zero-order chi connectivity index (χ0) is 16.1. The van der Waals surface area contributed by atoms with Gasteiger partial charge < -0.3 is 10.6 Å². The molecule has 2 saturated carbocycles. The molecule has 2 aliphatic rings. The summed E-state index contributed by atoms with van der Waals surface area (Å²) in [6, 6.07) is 3.84. The van der Waals surface area contributed by atoms with E-state index in [1.165, 1.54) is 12.8 Å². The Morgan fingerprint density at radius 2 is 1.87 bits per heavy atom. The highest BCUT2D eigenvalue weighted by Crippen LogP contribution is 2.31. The van der Waals surface area contributed by atoms with Gasteiger partial charge in [0.25, 0.3) is 0 Å². The van der Waals surface area contributed by atoms with Gasteiger partial charge in [-0.25, -0.2) is 0 Å². The van der Waals surface area contributed by atoms with Gasteiger partial charge >= 0.3 is 0 Å². The summed E-state index contributed by atoms with van der Waals surface area (Å²) in [5.74, 6) is 0.629. The third-order valence-electron chi connectivity index (χ3n) is 4.91. The SMILES string of the molecule is O=C(CCc1ccncc1)NC1(C(=O)NCC2CC2)CCCC1. The summed E-state index contributed by atoms with van der Waals surface area (Å²) in [7, 11) is 0. The van der Waals surface area contributed by atoms with Crippen LogP contribution >= 0.6 is 0 Å². The summed E-state index contributed by atoms with van der Waals surface area (Å²) in [5.41, 5.74) is 0.415. The molecule has 0 radical (unpaired) electrons. The van der Waals surface area contributed by atoms with Crippen LogP contribution in [0.2, 0.25) is 0 Å². The number of aromatic nitrogens is 1. The molecule has 5 heteroatoms. The lowest BCUT2D eigenvalue weighted by Crippen LogP contribution is -2.57. The maximum atomic E-state index is 12.6. The molecule has 124 valence electrons. The highest BCUT2D eigenvalue weighted by Gasteiger charge is 2.42. The highest BCUT2D eigenvalue weighted by atomic mass is 16.2. The van der Waals surface area contributed by atoms with Crippen molar-refractivity contribution < 1.29 is 9.59 Å². The van der Waals surface area contributed by atoms with E-state index in [4.69, 9.17) is 0 Å². The lowest BCUT2D eigenvalue weighted by Gasteiger charge is -2.29. The molecule has 1 heterocycles. The Bertz CT molecular complexity index is 549. The summed E-state index contributed by atoms with van der Waals surface area (Å²) in [4.78, 5) is 28.9. The van der Waals surface area contributed by atoms with Gasteiger partial charge in [-0.05, 0) is 55.7 Å². The van der Waals surface area contributed by atoms with Crippen molar-refractivity contribution in [2.75, 3.05) is 6.54 Å². The molecule has 0 aromatic carbocycles. The van der Waals surface area contributed by atoms with Gasteiger partial charge in [0.15, 0.2) is 0 Å². The first-order valence-electron chi connectivity index (χ1n) is 8.66. The third-order valence-corrected chi connectivity index (χ3v) is 4.91. The van der Waals surface area contributed by atoms with E-state index in [9.17, 15) is 9.59 Å². The van der Waals surface area contributed by atoms with E-state index in [1.54, 1.807) is 12.4 Å². The molecule has 2 fully saturated rings. The van der Waals surface area contributed by atoms with Gasteiger partial charge in [-0.2, -0.15) is 0 Å². The molecule has 1 aromatic heterocycles. The zero-order valence-corrected chi connectivity index (χ0v) is 13.5. The molecule has 2 amide bonds. The molecule has 0 atom stereocenters. The van der Waals surface area contributed by atoms with Crippen LogP contribution < -0.4 is 10.6 Å². The smallest absolute Gasteiger partial charge is 0.245 e. The van der Waals surface area contributed by atoms with E-state index in [2.05, 4.69) is 15.6 Å². The number of aryl methyl sites for hydroxylation is 1. The fourth-order valence-electron chi connectivity index (χ4n) is 3.25. The Morgan fingerprint density at radius 1 is 1.17 bits per heavy atom. The predicted molar refractivity (Wildman–Crippen MR) is 87.6 cm³/mol. The Morgan fingerprint density at radius 3 is 2.52 bits per heavy atom. The van der Waals surface area contributed by atoms with Gasteiger partial charge in [-0.3, -0.25) is 14.6 Å². The molecular formula is C18H25N3O2. The molecule has 0 spiro atoms. The predicted octanol–water partition coefficient (Wildman–Crippen LogP) is 1.97. The quantitative estimate of drug-likeness (QED) is 0.808. The van der Waals surface area contributed by atoms with E-state index in [1.807, 2.05) is 12.1 Å². The molecule has 1 aromatic rings. The molecule has 3 rings (SSSR count). The van der Waals surface area contributed by atoms with Gasteiger partial charge in [0.2, 0.25) is 11.8 Å². The zero-order valence-electron chi connectivity index (χ0n) is 13.5. The Hall–Kier alpha value is -1.91. The summed E-state index contributed by atoms with van der Waals surface area (Å²) in [6.45, 7) is 0.757. The van der Waals surface area contributed by atoms with Crippen molar-refractivity contribution in [2.24, 2.45) is 5.92 Å². The summed E-state index contributed by atoms with van der Waals surface area (Å²) >= 11 is 0. The number of pyridine rings is 1. The Labute approximate surface area is 137 Å². The van der Waals surface area contributed by atoms with Crippen molar-refractivity contribution in [3.05, 3.63) is 30.1 Å². The standard InChI is InChI=1S/C18H25N3O2/c22-16(6-5-14-7-11-19-12-8-14)21-18(9-1-2-10-18)17(23)20-13-15-3-4-15/h7-8,11-12,15H,1-6,9-10,13H2,(H,20,23)(H,21,22). The number of hydrogen-bond acceptors (Lipinski definition) is 3. The summed E-state index contributed by atoms with van der Waals surface area (Å²) in [5, 5.41) is 6.08. The lowest BCUT2D eigenvalue weighted by molar-refractivity contribution is -0.133. The maximum absolute atomic E-state index is 12.6. The largest absolute Gasteiger partial charge is 0.354 e. The van der Waals surface area contributed by atoms with Crippen molar-refractivity contribution in [2.45, 2.75) is 56.9 Å². The van der Waals surface area contributed by atoms with Crippen LogP contribution in [0.25, 0.3) is 0 Å². The molecule has 23 heavy (non-hydrogen) atoms. The fraction of sp³-hybridized carbons (Fsp3) is 0.611. The average Bonchev–Trinajstić information content (AvgIpc) is 3.29. The average molecular weight is 315 g/mol. The normalized spacial score (nSPS) is 19.3. The minimum Gasteiger partial charge on any atom is -0.354 e. The van der Waals surface area contributed by atoms with Crippen molar-refractivity contribution >= 4 is 11.8 Å². The number of nitrogens with zero attached hydrogens (tertiary/aromatic N) is 1. The van der Waals surface area contributed by atoms with E-state index < -0.39 is 5.54 Å². The van der Waals surface area contributed by atoms with Crippen LogP contribution in [0.3, 0.4) is 0 Å². The molecule has 0 aliphatic heterocycles. The van der Waals surface area contributed by atoms with E-state index in [0.717, 1.165) is 37.8 Å². The topological polar surface area (TPSA) is 71.1 Å². The van der Waals surface area contributed by atoms with Crippen LogP contribution in [0.4, 0.5) is 0 Å². The minimum atomic E-state index is -0.676. The number of rotatable bonds is 7. The van der Waals surface area contributed by atoms with Crippen molar-refractivity contribution in [3.8, 4) is 0 Å². The van der Waals surface area contributed by atoms with E-state index in [0.29, 0.717) is 18.8 Å². The highest BCUT2D eigenvalue weighted by molar-refractivity contribution is 5.91. The van der Waals surface area contributed by atoms with Gasteiger partial charge in [0.1, 0.15) is 5.54 Å². The molecule has 2 N–H and O–H groups in total. The van der Waals surface area contributed by atoms with E-state index in [-0.39, 0.29) is 11.8 Å². The number of carbonyl (C=O) groups is 2. The second-order valence-corrected chi connectivity index (χ2v) is 6.85. The summed E-state index contributed by atoms with van der Waals surface area (Å²) in [6.07, 6.45) is 10.5. The number of hydrogen-bond donors (Lipinski definition) is 2. The lowest BCUT2D eigenvalue weighted by atomic mass is 9.95. The van der Waals surface area contributed by atoms with Crippen LogP contribution in [-0.4, -0.2) is 28.9 Å². The van der Waals surface area contributed by atoms with Crippen LogP contribution in [0.15, 0.2) is 24.5 Å². The van der Waals surface area contributed by atoms with Crippen molar-refractivity contribution in [1.29, 1.82) is 0 Å². The molecule has 0 bridgehead atoms. The van der Waals surface area contributed by atoms with Gasteiger partial charge in [0.05, 0.1) is 0 Å². The molecule has 2 aliphatic carbocycles. The monoisotopic (exact) mass is 315 g/mol. The number of nitrogens with one attached hydrogen (secondary N) is 2. The maximum Gasteiger partial charge on any atom is 0.245 e. The number of carbonyl (C=O) groups excluding carboxylic acids is 2. The first-order chi connectivity index (χ1) is 11.2. The second kappa shape index (κ2) is 7.11. The van der Waals surface area contributed by atoms with Crippen molar-refractivity contribution in [3.63, 3.8) is 0 Å². The van der Waals surface area contributed by atoms with Gasteiger partial charge in [-0.15, -0.1) is 0 Å². The van der Waals surface area contributed by atoms with Gasteiger partial charge in [0, 0.05) is 25.4 Å². The Kier molecular flexibility index (Phi) is 4.94. The fourth-order valence-corrected chi connectivity index (χ4v) is 3.25. The summed E-state index contributed by atoms with van der Waals surface area (Å²) < 4.78 is 0. The van der Waals surface area contributed by atoms with Crippen LogP contribution in [-0.2, 0) is 16.0 Å². The first kappa shape index (κ1) is 16.0. The number of amides is 2. The van der Waals surface area contributed by atoms with Crippen LogP contribution in [0, 0.1) is 5.92 Å². The van der Waals surface area contributed by atoms with E-state index >= 15 is 0 Å². The second-order valence-electron chi connectivity index (χ2n) is 6.85.